The lowest BCUT2D eigenvalue weighted by Gasteiger charge is -2.36. The minimum absolute atomic E-state index is 0.130. The van der Waals surface area contributed by atoms with Crippen LogP contribution in [-0.4, -0.2) is 30.5 Å². The highest BCUT2D eigenvalue weighted by atomic mass is 127. The van der Waals surface area contributed by atoms with E-state index in [1.807, 2.05) is 6.07 Å². The fraction of sp³-hybridized carbons (Fsp3) is 0.462. The Labute approximate surface area is 136 Å². The average Bonchev–Trinajstić information content (AvgIpc) is 2.42. The van der Waals surface area contributed by atoms with Crippen LogP contribution in [0.2, 0.25) is 5.02 Å². The number of alkyl halides is 1. The molecule has 104 valence electrons. The summed E-state index contributed by atoms with van der Waals surface area (Å²) in [6.45, 7) is 1.25. The topological polar surface area (TPSA) is 38.3 Å². The Bertz CT molecular complexity index is 476. The summed E-state index contributed by atoms with van der Waals surface area (Å²) >= 11 is 14.1. The molecule has 19 heavy (non-hydrogen) atoms. The van der Waals surface area contributed by atoms with Gasteiger partial charge in [-0.1, -0.05) is 11.6 Å². The van der Waals surface area contributed by atoms with Gasteiger partial charge in [-0.05, 0) is 53.6 Å². The second-order valence-electron chi connectivity index (χ2n) is 4.60. The van der Waals surface area contributed by atoms with Gasteiger partial charge < -0.3 is 10.1 Å². The first-order valence-electron chi connectivity index (χ1n) is 5.98. The van der Waals surface area contributed by atoms with Gasteiger partial charge in [0.15, 0.2) is 0 Å². The van der Waals surface area contributed by atoms with Crippen molar-refractivity contribution < 1.29 is 9.53 Å². The number of nitrogens with one attached hydrogen (secondary N) is 1. The summed E-state index contributed by atoms with van der Waals surface area (Å²) in [5.41, 5.74) is 0.214. The molecule has 1 amide bonds. The van der Waals surface area contributed by atoms with Crippen molar-refractivity contribution in [3.05, 3.63) is 32.4 Å². The maximum atomic E-state index is 12.4. The second kappa shape index (κ2) is 6.61. The van der Waals surface area contributed by atoms with Crippen LogP contribution in [0.15, 0.2) is 18.2 Å². The molecule has 1 aliphatic heterocycles. The van der Waals surface area contributed by atoms with Crippen LogP contribution in [0.3, 0.4) is 0 Å². The van der Waals surface area contributed by atoms with Crippen LogP contribution in [0.1, 0.15) is 23.2 Å². The standard InChI is InChI=1S/C13H14Cl2INO2/c14-8-13(3-5-19-6-4-13)17-12(18)10-7-9(15)1-2-11(10)16/h1-2,7H,3-6,8H2,(H,17,18). The predicted octanol–water partition coefficient (Wildman–Crippen LogP) is 3.46. The molecule has 1 saturated heterocycles. The van der Waals surface area contributed by atoms with E-state index in [4.69, 9.17) is 27.9 Å². The minimum atomic E-state index is -0.373. The highest BCUT2D eigenvalue weighted by molar-refractivity contribution is 14.1. The summed E-state index contributed by atoms with van der Waals surface area (Å²) in [4.78, 5) is 12.4. The molecule has 2 rings (SSSR count). The number of benzene rings is 1. The van der Waals surface area contributed by atoms with Crippen molar-refractivity contribution in [3.8, 4) is 0 Å². The molecule has 1 aliphatic rings. The molecule has 0 saturated carbocycles. The molecule has 1 N–H and O–H groups in total. The maximum Gasteiger partial charge on any atom is 0.252 e. The first kappa shape index (κ1) is 15.4. The van der Waals surface area contributed by atoms with Crippen molar-refractivity contribution >= 4 is 51.7 Å². The summed E-state index contributed by atoms with van der Waals surface area (Å²) in [5, 5.41) is 3.61. The number of amides is 1. The van der Waals surface area contributed by atoms with Gasteiger partial charge in [-0.15, -0.1) is 11.6 Å². The average molecular weight is 414 g/mol. The Balaban J connectivity index is 2.17. The van der Waals surface area contributed by atoms with Crippen LogP contribution < -0.4 is 5.32 Å². The lowest BCUT2D eigenvalue weighted by atomic mass is 9.92. The smallest absolute Gasteiger partial charge is 0.252 e. The molecular formula is C13H14Cl2INO2. The zero-order valence-corrected chi connectivity index (χ0v) is 13.9. The molecule has 0 unspecified atom stereocenters. The van der Waals surface area contributed by atoms with Crippen molar-refractivity contribution in [1.29, 1.82) is 0 Å². The number of carbonyl (C=O) groups excluding carboxylic acids is 1. The Morgan fingerprint density at radius 1 is 1.42 bits per heavy atom. The number of carbonyl (C=O) groups is 1. The quantitative estimate of drug-likeness (QED) is 0.608. The van der Waals surface area contributed by atoms with E-state index in [1.165, 1.54) is 0 Å². The molecule has 0 radical (unpaired) electrons. The molecule has 3 nitrogen and oxygen atoms in total. The van der Waals surface area contributed by atoms with Crippen LogP contribution in [0.4, 0.5) is 0 Å². The highest BCUT2D eigenvalue weighted by Crippen LogP contribution is 2.24. The molecule has 1 fully saturated rings. The minimum Gasteiger partial charge on any atom is -0.381 e. The van der Waals surface area contributed by atoms with Crippen LogP contribution in [0, 0.1) is 3.57 Å². The summed E-state index contributed by atoms with van der Waals surface area (Å²) < 4.78 is 6.20. The summed E-state index contributed by atoms with van der Waals surface area (Å²) in [6, 6.07) is 5.28. The van der Waals surface area contributed by atoms with E-state index in [0.29, 0.717) is 29.7 Å². The third-order valence-corrected chi connectivity index (χ3v) is 4.94. The molecule has 0 spiro atoms. The Morgan fingerprint density at radius 3 is 2.74 bits per heavy atom. The zero-order chi connectivity index (χ0) is 13.9. The number of hydrogen-bond donors (Lipinski definition) is 1. The number of hydrogen-bond acceptors (Lipinski definition) is 2. The van der Waals surface area contributed by atoms with Gasteiger partial charge in [-0.3, -0.25) is 4.79 Å². The lowest BCUT2D eigenvalue weighted by Crippen LogP contribution is -2.53. The SMILES string of the molecule is O=C(NC1(CCl)CCOCC1)c1cc(Cl)ccc1I. The lowest BCUT2D eigenvalue weighted by molar-refractivity contribution is 0.0433. The molecule has 6 heteroatoms. The molecule has 0 atom stereocenters. The largest absolute Gasteiger partial charge is 0.381 e. The molecule has 0 aliphatic carbocycles. The van der Waals surface area contributed by atoms with Gasteiger partial charge >= 0.3 is 0 Å². The van der Waals surface area contributed by atoms with Crippen molar-refractivity contribution in [3.63, 3.8) is 0 Å². The van der Waals surface area contributed by atoms with E-state index < -0.39 is 0 Å². The van der Waals surface area contributed by atoms with Crippen LogP contribution in [0.5, 0.6) is 0 Å². The Hall–Kier alpha value is -0.0400. The van der Waals surface area contributed by atoms with E-state index >= 15 is 0 Å². The van der Waals surface area contributed by atoms with Crippen molar-refractivity contribution in [2.24, 2.45) is 0 Å². The summed E-state index contributed by atoms with van der Waals surface area (Å²) in [5.74, 6) is 0.258. The molecule has 0 aromatic heterocycles. The zero-order valence-electron chi connectivity index (χ0n) is 10.2. The molecule has 1 aromatic carbocycles. The normalized spacial score (nSPS) is 18.1. The summed E-state index contributed by atoms with van der Waals surface area (Å²) in [6.07, 6.45) is 1.47. The van der Waals surface area contributed by atoms with Gasteiger partial charge in [0.2, 0.25) is 0 Å². The molecule has 1 aromatic rings. The molecular weight excluding hydrogens is 400 g/mol. The van der Waals surface area contributed by atoms with Gasteiger partial charge in [0.1, 0.15) is 0 Å². The van der Waals surface area contributed by atoms with Gasteiger partial charge in [-0.25, -0.2) is 0 Å². The van der Waals surface area contributed by atoms with Crippen LogP contribution >= 0.6 is 45.8 Å². The first-order chi connectivity index (χ1) is 9.06. The van der Waals surface area contributed by atoms with Gasteiger partial charge in [0.25, 0.3) is 5.91 Å². The van der Waals surface area contributed by atoms with Crippen molar-refractivity contribution in [2.75, 3.05) is 19.1 Å². The van der Waals surface area contributed by atoms with E-state index in [9.17, 15) is 4.79 Å². The van der Waals surface area contributed by atoms with Gasteiger partial charge in [-0.2, -0.15) is 0 Å². The van der Waals surface area contributed by atoms with Gasteiger partial charge in [0.05, 0.1) is 11.1 Å². The fourth-order valence-corrected chi connectivity index (χ4v) is 3.12. The third kappa shape index (κ3) is 3.74. The third-order valence-electron chi connectivity index (χ3n) is 3.26. The predicted molar refractivity (Wildman–Crippen MR) is 85.1 cm³/mol. The van der Waals surface area contributed by atoms with Crippen LogP contribution in [-0.2, 0) is 4.74 Å². The Morgan fingerprint density at radius 2 is 2.11 bits per heavy atom. The number of rotatable bonds is 3. The van der Waals surface area contributed by atoms with Crippen molar-refractivity contribution in [1.82, 2.24) is 5.32 Å². The van der Waals surface area contributed by atoms with E-state index in [0.717, 1.165) is 16.4 Å². The molecule has 1 heterocycles. The number of ether oxygens (including phenoxy) is 1. The molecule has 0 bridgehead atoms. The fourth-order valence-electron chi connectivity index (χ4n) is 2.03. The maximum absolute atomic E-state index is 12.4. The Kier molecular flexibility index (Phi) is 5.34. The van der Waals surface area contributed by atoms with E-state index in [-0.39, 0.29) is 11.4 Å². The number of halogens is 3. The monoisotopic (exact) mass is 413 g/mol. The first-order valence-corrected chi connectivity index (χ1v) is 7.97. The highest BCUT2D eigenvalue weighted by Gasteiger charge is 2.33. The van der Waals surface area contributed by atoms with E-state index in [1.54, 1.807) is 12.1 Å². The van der Waals surface area contributed by atoms with Crippen LogP contribution in [0.25, 0.3) is 0 Å². The second-order valence-corrected chi connectivity index (χ2v) is 6.47. The summed E-state index contributed by atoms with van der Waals surface area (Å²) in [7, 11) is 0. The van der Waals surface area contributed by atoms with Gasteiger partial charge in [0, 0.05) is 27.7 Å². The van der Waals surface area contributed by atoms with Crippen molar-refractivity contribution in [2.45, 2.75) is 18.4 Å². The van der Waals surface area contributed by atoms with E-state index in [2.05, 4.69) is 27.9 Å².